The zero-order valence-corrected chi connectivity index (χ0v) is 14.8. The van der Waals surface area contributed by atoms with Crippen LogP contribution in [0.1, 0.15) is 30.5 Å². The van der Waals surface area contributed by atoms with Crippen LogP contribution in [-0.2, 0) is 13.2 Å². The standard InChI is InChI=1S/C21H26N2O2/c1-24-20-10-11-21(25-16-19-9-5-6-12-23-19)18(13-20)15-22-14-17-7-3-2-4-8-17/h2-3,5-6,9-13,17,22H,4,7-8,14-16H2,1H3. The monoisotopic (exact) mass is 338 g/mol. The number of nitrogens with one attached hydrogen (secondary N) is 1. The minimum atomic E-state index is 0.466. The van der Waals surface area contributed by atoms with Crippen LogP contribution in [0.3, 0.4) is 0 Å². The zero-order chi connectivity index (χ0) is 17.3. The molecule has 1 aliphatic carbocycles. The van der Waals surface area contributed by atoms with Gasteiger partial charge in [0.1, 0.15) is 18.1 Å². The smallest absolute Gasteiger partial charge is 0.130 e. The van der Waals surface area contributed by atoms with Crippen molar-refractivity contribution in [1.82, 2.24) is 10.3 Å². The molecule has 0 aliphatic heterocycles. The molecule has 132 valence electrons. The highest BCUT2D eigenvalue weighted by atomic mass is 16.5. The molecule has 0 bridgehead atoms. The lowest BCUT2D eigenvalue weighted by atomic mass is 9.94. The Morgan fingerprint density at radius 2 is 2.16 bits per heavy atom. The van der Waals surface area contributed by atoms with E-state index < -0.39 is 0 Å². The van der Waals surface area contributed by atoms with Gasteiger partial charge in [0.25, 0.3) is 0 Å². The molecule has 4 heteroatoms. The van der Waals surface area contributed by atoms with E-state index in [2.05, 4.69) is 22.5 Å². The molecule has 1 aromatic heterocycles. The van der Waals surface area contributed by atoms with Crippen LogP contribution in [0.2, 0.25) is 0 Å². The first kappa shape index (κ1) is 17.5. The Bertz CT molecular complexity index is 686. The van der Waals surface area contributed by atoms with E-state index in [9.17, 15) is 0 Å². The average molecular weight is 338 g/mol. The molecule has 1 unspecified atom stereocenters. The molecule has 1 aromatic carbocycles. The summed E-state index contributed by atoms with van der Waals surface area (Å²) in [6, 6.07) is 11.8. The van der Waals surface area contributed by atoms with Crippen molar-refractivity contribution in [2.24, 2.45) is 5.92 Å². The molecule has 0 amide bonds. The number of methoxy groups -OCH3 is 1. The fourth-order valence-electron chi connectivity index (χ4n) is 3.05. The summed E-state index contributed by atoms with van der Waals surface area (Å²) in [5.74, 6) is 2.46. The van der Waals surface area contributed by atoms with Gasteiger partial charge in [0.15, 0.2) is 0 Å². The molecule has 3 rings (SSSR count). The zero-order valence-electron chi connectivity index (χ0n) is 14.8. The summed E-state index contributed by atoms with van der Waals surface area (Å²) < 4.78 is 11.4. The largest absolute Gasteiger partial charge is 0.497 e. The number of aromatic nitrogens is 1. The van der Waals surface area contributed by atoms with E-state index in [0.717, 1.165) is 41.8 Å². The van der Waals surface area contributed by atoms with Crippen LogP contribution in [-0.4, -0.2) is 18.6 Å². The summed E-state index contributed by atoms with van der Waals surface area (Å²) in [6.07, 6.45) is 10.0. The Kier molecular flexibility index (Phi) is 6.46. The van der Waals surface area contributed by atoms with E-state index >= 15 is 0 Å². The SMILES string of the molecule is COc1ccc(OCc2ccccn2)c(CNCC2CC=CCC2)c1. The quantitative estimate of drug-likeness (QED) is 0.736. The van der Waals surface area contributed by atoms with Crippen LogP contribution in [0.15, 0.2) is 54.7 Å². The molecule has 25 heavy (non-hydrogen) atoms. The Morgan fingerprint density at radius 3 is 2.92 bits per heavy atom. The molecule has 4 nitrogen and oxygen atoms in total. The second-order valence-corrected chi connectivity index (χ2v) is 6.36. The van der Waals surface area contributed by atoms with Crippen LogP contribution >= 0.6 is 0 Å². The van der Waals surface area contributed by atoms with E-state index in [1.165, 1.54) is 19.3 Å². The normalized spacial score (nSPS) is 16.6. The van der Waals surface area contributed by atoms with E-state index in [-0.39, 0.29) is 0 Å². The molecule has 1 N–H and O–H groups in total. The highest BCUT2D eigenvalue weighted by Crippen LogP contribution is 2.25. The third-order valence-corrected chi connectivity index (χ3v) is 4.50. The number of rotatable bonds is 8. The fourth-order valence-corrected chi connectivity index (χ4v) is 3.05. The number of hydrogen-bond acceptors (Lipinski definition) is 4. The molecule has 0 saturated heterocycles. The van der Waals surface area contributed by atoms with Crippen molar-refractivity contribution < 1.29 is 9.47 Å². The summed E-state index contributed by atoms with van der Waals surface area (Å²) in [5.41, 5.74) is 2.04. The van der Waals surface area contributed by atoms with Crippen molar-refractivity contribution in [2.45, 2.75) is 32.4 Å². The van der Waals surface area contributed by atoms with Crippen LogP contribution < -0.4 is 14.8 Å². The first-order valence-corrected chi connectivity index (χ1v) is 8.90. The highest BCUT2D eigenvalue weighted by Gasteiger charge is 2.11. The molecule has 0 fully saturated rings. The number of benzene rings is 1. The minimum Gasteiger partial charge on any atom is -0.497 e. The van der Waals surface area contributed by atoms with Gasteiger partial charge < -0.3 is 14.8 Å². The maximum Gasteiger partial charge on any atom is 0.130 e. The summed E-state index contributed by atoms with van der Waals surface area (Å²) >= 11 is 0. The Morgan fingerprint density at radius 1 is 1.20 bits per heavy atom. The lowest BCUT2D eigenvalue weighted by molar-refractivity contribution is 0.296. The number of allylic oxidation sites excluding steroid dienone is 2. The number of pyridine rings is 1. The molecule has 2 aromatic rings. The average Bonchev–Trinajstić information content (AvgIpc) is 2.68. The molecule has 0 radical (unpaired) electrons. The number of nitrogens with zero attached hydrogens (tertiary/aromatic N) is 1. The third kappa shape index (κ3) is 5.33. The van der Waals surface area contributed by atoms with Gasteiger partial charge in [-0.1, -0.05) is 18.2 Å². The van der Waals surface area contributed by atoms with Crippen molar-refractivity contribution in [1.29, 1.82) is 0 Å². The van der Waals surface area contributed by atoms with Gasteiger partial charge in [0.05, 0.1) is 12.8 Å². The minimum absolute atomic E-state index is 0.466. The summed E-state index contributed by atoms with van der Waals surface area (Å²) in [5, 5.41) is 3.58. The van der Waals surface area contributed by atoms with E-state index in [0.29, 0.717) is 6.61 Å². The highest BCUT2D eigenvalue weighted by molar-refractivity contribution is 5.40. The molecule has 0 saturated carbocycles. The molecule has 1 aliphatic rings. The van der Waals surface area contributed by atoms with Gasteiger partial charge in [0.2, 0.25) is 0 Å². The van der Waals surface area contributed by atoms with Gasteiger partial charge in [-0.3, -0.25) is 4.98 Å². The number of ether oxygens (including phenoxy) is 2. The Balaban J connectivity index is 1.60. The first-order valence-electron chi connectivity index (χ1n) is 8.90. The van der Waals surface area contributed by atoms with Crippen LogP contribution in [0.5, 0.6) is 11.5 Å². The van der Waals surface area contributed by atoms with Gasteiger partial charge in [0, 0.05) is 18.3 Å². The van der Waals surface area contributed by atoms with Crippen molar-refractivity contribution >= 4 is 0 Å². The second-order valence-electron chi connectivity index (χ2n) is 6.36. The van der Waals surface area contributed by atoms with E-state index in [4.69, 9.17) is 9.47 Å². The molecule has 1 atom stereocenters. The van der Waals surface area contributed by atoms with Crippen LogP contribution in [0.4, 0.5) is 0 Å². The van der Waals surface area contributed by atoms with E-state index in [1.807, 2.05) is 36.4 Å². The van der Waals surface area contributed by atoms with Gasteiger partial charge >= 0.3 is 0 Å². The lowest BCUT2D eigenvalue weighted by Crippen LogP contribution is -2.23. The summed E-state index contributed by atoms with van der Waals surface area (Å²) in [6.45, 7) is 2.27. The number of hydrogen-bond donors (Lipinski definition) is 1. The van der Waals surface area contributed by atoms with Gasteiger partial charge in [-0.05, 0) is 62.1 Å². The van der Waals surface area contributed by atoms with Gasteiger partial charge in [-0.15, -0.1) is 0 Å². The second kappa shape index (κ2) is 9.23. The van der Waals surface area contributed by atoms with Crippen molar-refractivity contribution in [3.8, 4) is 11.5 Å². The molecular formula is C21H26N2O2. The van der Waals surface area contributed by atoms with Gasteiger partial charge in [-0.25, -0.2) is 0 Å². The maximum absolute atomic E-state index is 6.00. The molecule has 1 heterocycles. The lowest BCUT2D eigenvalue weighted by Gasteiger charge is -2.19. The molecular weight excluding hydrogens is 312 g/mol. The maximum atomic E-state index is 6.00. The predicted molar refractivity (Wildman–Crippen MR) is 99.8 cm³/mol. The third-order valence-electron chi connectivity index (χ3n) is 4.50. The molecule has 0 spiro atoms. The topological polar surface area (TPSA) is 43.4 Å². The van der Waals surface area contributed by atoms with Crippen LogP contribution in [0.25, 0.3) is 0 Å². The Labute approximate surface area is 149 Å². The summed E-state index contributed by atoms with van der Waals surface area (Å²) in [4.78, 5) is 4.31. The van der Waals surface area contributed by atoms with Crippen LogP contribution in [0, 0.1) is 5.92 Å². The van der Waals surface area contributed by atoms with Crippen molar-refractivity contribution in [3.63, 3.8) is 0 Å². The van der Waals surface area contributed by atoms with Crippen molar-refractivity contribution in [2.75, 3.05) is 13.7 Å². The Hall–Kier alpha value is -2.33. The van der Waals surface area contributed by atoms with E-state index in [1.54, 1.807) is 13.3 Å². The van der Waals surface area contributed by atoms with Crippen molar-refractivity contribution in [3.05, 3.63) is 66.0 Å². The first-order chi connectivity index (χ1) is 12.3. The predicted octanol–water partition coefficient (Wildman–Crippen LogP) is 4.12. The van der Waals surface area contributed by atoms with Gasteiger partial charge in [-0.2, -0.15) is 0 Å². The summed E-state index contributed by atoms with van der Waals surface area (Å²) in [7, 11) is 1.69. The fraction of sp³-hybridized carbons (Fsp3) is 0.381.